The van der Waals surface area contributed by atoms with Crippen molar-refractivity contribution in [1.29, 1.82) is 0 Å². The zero-order valence-electron chi connectivity index (χ0n) is 11.9. The Morgan fingerprint density at radius 3 is 2.43 bits per heavy atom. The van der Waals surface area contributed by atoms with E-state index >= 15 is 0 Å². The fraction of sp³-hybridized carbons (Fsp3) is 0.412. The monoisotopic (exact) mass is 282 g/mol. The van der Waals surface area contributed by atoms with Crippen LogP contribution >= 0.6 is 0 Å². The van der Waals surface area contributed by atoms with Gasteiger partial charge in [0.15, 0.2) is 11.6 Å². The molecule has 4 nitrogen and oxygen atoms in total. The maximum Gasteiger partial charge on any atom is 0.199 e. The smallest absolute Gasteiger partial charge is 0.199 e. The highest BCUT2D eigenvalue weighted by molar-refractivity contribution is 6.39. The van der Waals surface area contributed by atoms with Crippen molar-refractivity contribution in [3.05, 3.63) is 47.2 Å². The minimum Gasteiger partial charge on any atom is -0.364 e. The molecule has 0 N–H and O–H groups in total. The fourth-order valence-electron chi connectivity index (χ4n) is 3.70. The van der Waals surface area contributed by atoms with E-state index in [1.165, 1.54) is 12.8 Å². The number of allylic oxidation sites excluding steroid dienone is 1. The summed E-state index contributed by atoms with van der Waals surface area (Å²) < 4.78 is 0. The Bertz CT molecular complexity index is 613. The molecular formula is C17H18N2O2. The van der Waals surface area contributed by atoms with Gasteiger partial charge in [0, 0.05) is 36.5 Å². The molecule has 0 aromatic heterocycles. The Morgan fingerprint density at radius 2 is 1.71 bits per heavy atom. The molecule has 0 bridgehead atoms. The van der Waals surface area contributed by atoms with Gasteiger partial charge >= 0.3 is 0 Å². The Hall–Kier alpha value is -1.94. The van der Waals surface area contributed by atoms with E-state index in [-0.39, 0.29) is 11.6 Å². The zero-order chi connectivity index (χ0) is 14.4. The fourth-order valence-corrected chi connectivity index (χ4v) is 3.70. The molecule has 4 rings (SSSR count). The number of hydrogen-bond donors (Lipinski definition) is 0. The average molecular weight is 282 g/mol. The lowest BCUT2D eigenvalue weighted by atomic mass is 10.1. The van der Waals surface area contributed by atoms with Crippen molar-refractivity contribution in [2.24, 2.45) is 0 Å². The van der Waals surface area contributed by atoms with Crippen LogP contribution in [0.4, 0.5) is 0 Å². The van der Waals surface area contributed by atoms with E-state index in [2.05, 4.69) is 9.80 Å². The normalized spacial score (nSPS) is 25.2. The van der Waals surface area contributed by atoms with Crippen molar-refractivity contribution in [3.8, 4) is 0 Å². The molecule has 1 atom stereocenters. The maximum atomic E-state index is 12.4. The largest absolute Gasteiger partial charge is 0.364 e. The highest BCUT2D eigenvalue weighted by atomic mass is 16.2. The summed E-state index contributed by atoms with van der Waals surface area (Å²) in [4.78, 5) is 29.3. The first kappa shape index (κ1) is 12.8. The average Bonchev–Trinajstić information content (AvgIpc) is 3.06. The Kier molecular flexibility index (Phi) is 2.93. The first-order valence-electron chi connectivity index (χ1n) is 7.62. The number of carbonyl (C=O) groups excluding carboxylic acids is 2. The minimum atomic E-state index is -0.126. The van der Waals surface area contributed by atoms with Crippen LogP contribution in [-0.4, -0.2) is 47.2 Å². The first-order valence-corrected chi connectivity index (χ1v) is 7.62. The maximum absolute atomic E-state index is 12.4. The van der Waals surface area contributed by atoms with Crippen LogP contribution in [0.5, 0.6) is 0 Å². The number of benzene rings is 1. The van der Waals surface area contributed by atoms with Gasteiger partial charge in [-0.25, -0.2) is 0 Å². The summed E-state index contributed by atoms with van der Waals surface area (Å²) >= 11 is 0. The molecule has 2 saturated heterocycles. The van der Waals surface area contributed by atoms with E-state index in [0.717, 1.165) is 26.2 Å². The van der Waals surface area contributed by atoms with Gasteiger partial charge in [0.2, 0.25) is 0 Å². The topological polar surface area (TPSA) is 40.6 Å². The van der Waals surface area contributed by atoms with Gasteiger partial charge < -0.3 is 4.90 Å². The molecule has 1 aliphatic carbocycles. The van der Waals surface area contributed by atoms with Crippen molar-refractivity contribution in [3.63, 3.8) is 0 Å². The molecule has 0 saturated carbocycles. The molecule has 2 fully saturated rings. The van der Waals surface area contributed by atoms with E-state index in [1.54, 1.807) is 18.3 Å². The van der Waals surface area contributed by atoms with Gasteiger partial charge in [0.05, 0.1) is 12.2 Å². The van der Waals surface area contributed by atoms with Gasteiger partial charge in [-0.1, -0.05) is 24.3 Å². The van der Waals surface area contributed by atoms with Gasteiger partial charge in [0.1, 0.15) is 0 Å². The quantitative estimate of drug-likeness (QED) is 0.584. The third-order valence-corrected chi connectivity index (χ3v) is 4.83. The van der Waals surface area contributed by atoms with Crippen LogP contribution in [0.2, 0.25) is 0 Å². The Labute approximate surface area is 124 Å². The van der Waals surface area contributed by atoms with E-state index in [0.29, 0.717) is 22.7 Å². The lowest BCUT2D eigenvalue weighted by molar-refractivity contribution is 0.0927. The number of Topliss-reactive ketones (excluding diaryl/α,β-unsaturated/α-hetero) is 2. The number of hydrogen-bond acceptors (Lipinski definition) is 4. The summed E-state index contributed by atoms with van der Waals surface area (Å²) in [5.74, 6) is -0.252. The summed E-state index contributed by atoms with van der Waals surface area (Å²) in [6.45, 7) is 2.90. The van der Waals surface area contributed by atoms with Crippen LogP contribution in [-0.2, 0) is 0 Å². The van der Waals surface area contributed by atoms with Crippen LogP contribution in [0.15, 0.2) is 36.0 Å². The van der Waals surface area contributed by atoms with Crippen molar-refractivity contribution in [2.75, 3.05) is 19.8 Å². The third-order valence-electron chi connectivity index (χ3n) is 4.83. The predicted molar refractivity (Wildman–Crippen MR) is 79.1 cm³/mol. The second-order valence-corrected chi connectivity index (χ2v) is 6.10. The second kappa shape index (κ2) is 4.81. The Morgan fingerprint density at radius 1 is 1.00 bits per heavy atom. The molecule has 0 radical (unpaired) electrons. The van der Waals surface area contributed by atoms with Crippen LogP contribution in [0, 0.1) is 0 Å². The van der Waals surface area contributed by atoms with Gasteiger partial charge in [-0.2, -0.15) is 0 Å². The molecule has 1 aromatic rings. The number of fused-ring (bicyclic) bond motifs is 2. The Balaban J connectivity index is 1.60. The zero-order valence-corrected chi connectivity index (χ0v) is 11.9. The van der Waals surface area contributed by atoms with Crippen LogP contribution in [0.1, 0.15) is 40.0 Å². The minimum absolute atomic E-state index is 0.126. The summed E-state index contributed by atoms with van der Waals surface area (Å²) in [7, 11) is 0. The lowest BCUT2D eigenvalue weighted by Crippen LogP contribution is -2.45. The standard InChI is InChI=1S/C17H18N2O2/c20-16-13-5-1-2-6-14(13)17(21)15(16)10-18-9-7-12-4-3-8-19(12)11-18/h1-2,5-6,10,12H,3-4,7-9,11H2/t12-/m0/s1. The van der Waals surface area contributed by atoms with E-state index < -0.39 is 0 Å². The van der Waals surface area contributed by atoms with Gasteiger partial charge in [0.25, 0.3) is 0 Å². The van der Waals surface area contributed by atoms with E-state index in [1.807, 2.05) is 12.1 Å². The van der Waals surface area contributed by atoms with Gasteiger partial charge in [-0.3, -0.25) is 14.5 Å². The van der Waals surface area contributed by atoms with E-state index in [9.17, 15) is 9.59 Å². The number of carbonyl (C=O) groups is 2. The highest BCUT2D eigenvalue weighted by Crippen LogP contribution is 2.29. The second-order valence-electron chi connectivity index (χ2n) is 6.10. The van der Waals surface area contributed by atoms with Crippen molar-refractivity contribution in [1.82, 2.24) is 9.80 Å². The highest BCUT2D eigenvalue weighted by Gasteiger charge is 2.35. The number of rotatable bonds is 1. The molecule has 0 unspecified atom stereocenters. The number of ketones is 2. The molecule has 0 amide bonds. The molecule has 3 aliphatic rings. The molecule has 108 valence electrons. The molecule has 4 heteroatoms. The van der Waals surface area contributed by atoms with Crippen molar-refractivity contribution in [2.45, 2.75) is 25.3 Å². The molecule has 2 heterocycles. The summed E-state index contributed by atoms with van der Waals surface area (Å²) in [6.07, 6.45) is 5.46. The molecule has 1 aromatic carbocycles. The van der Waals surface area contributed by atoms with Gasteiger partial charge in [-0.15, -0.1) is 0 Å². The molecular weight excluding hydrogens is 264 g/mol. The lowest BCUT2D eigenvalue weighted by Gasteiger charge is -2.37. The first-order chi connectivity index (χ1) is 10.2. The third kappa shape index (κ3) is 2.02. The van der Waals surface area contributed by atoms with Gasteiger partial charge in [-0.05, 0) is 19.3 Å². The molecule has 0 spiro atoms. The van der Waals surface area contributed by atoms with Crippen molar-refractivity contribution < 1.29 is 9.59 Å². The number of nitrogens with zero attached hydrogens (tertiary/aromatic N) is 2. The summed E-state index contributed by atoms with van der Waals surface area (Å²) in [5.41, 5.74) is 1.42. The van der Waals surface area contributed by atoms with Crippen LogP contribution in [0.25, 0.3) is 0 Å². The SMILES string of the molecule is O=C1C(=CN2CC[C@@H]3CCCN3C2)C(=O)c2ccccc21. The summed E-state index contributed by atoms with van der Waals surface area (Å²) in [5, 5.41) is 0. The van der Waals surface area contributed by atoms with Crippen molar-refractivity contribution >= 4 is 11.6 Å². The van der Waals surface area contributed by atoms with Crippen LogP contribution < -0.4 is 0 Å². The summed E-state index contributed by atoms with van der Waals surface area (Å²) in [6, 6.07) is 7.80. The molecule has 2 aliphatic heterocycles. The van der Waals surface area contributed by atoms with E-state index in [4.69, 9.17) is 0 Å². The predicted octanol–water partition coefficient (Wildman–Crippen LogP) is 2.08. The van der Waals surface area contributed by atoms with Crippen LogP contribution in [0.3, 0.4) is 0 Å². The molecule has 21 heavy (non-hydrogen) atoms.